The molecule has 116 valence electrons. The first-order valence-electron chi connectivity index (χ1n) is 7.65. The molecule has 6 nitrogen and oxygen atoms in total. The molecule has 0 bridgehead atoms. The Bertz CT molecular complexity index is 718. The highest BCUT2D eigenvalue weighted by molar-refractivity contribution is 5.41. The Kier molecular flexibility index (Phi) is 3.92. The Hall–Kier alpha value is -2.24. The average Bonchev–Trinajstić information content (AvgIpc) is 2.46. The summed E-state index contributed by atoms with van der Waals surface area (Å²) < 4.78 is 1.57. The van der Waals surface area contributed by atoms with E-state index in [9.17, 15) is 4.79 Å². The van der Waals surface area contributed by atoms with Gasteiger partial charge in [-0.2, -0.15) is 5.10 Å². The van der Waals surface area contributed by atoms with E-state index < -0.39 is 0 Å². The van der Waals surface area contributed by atoms with E-state index in [2.05, 4.69) is 33.8 Å². The molecule has 3 rings (SSSR count). The van der Waals surface area contributed by atoms with E-state index >= 15 is 0 Å². The maximum atomic E-state index is 11.8. The van der Waals surface area contributed by atoms with Crippen molar-refractivity contribution < 1.29 is 0 Å². The van der Waals surface area contributed by atoms with Crippen molar-refractivity contribution in [2.45, 2.75) is 33.2 Å². The van der Waals surface area contributed by atoms with Gasteiger partial charge < -0.3 is 4.90 Å². The number of nitrogens with zero attached hydrogens (tertiary/aromatic N) is 5. The van der Waals surface area contributed by atoms with Crippen LogP contribution in [-0.2, 0) is 6.54 Å². The predicted octanol–water partition coefficient (Wildman–Crippen LogP) is 1.60. The largest absolute Gasteiger partial charge is 0.356 e. The number of hydrogen-bond acceptors (Lipinski definition) is 5. The summed E-state index contributed by atoms with van der Waals surface area (Å²) in [6.45, 7) is 8.55. The topological polar surface area (TPSA) is 63.9 Å². The molecule has 6 heteroatoms. The van der Waals surface area contributed by atoms with Crippen LogP contribution >= 0.6 is 0 Å². The standard InChI is InChI=1S/C16H21N5O/c1-11(2)16-17-7-6-14(18-16)20-8-13(9-20)10-21-15(22)5-4-12(3)19-21/h4-7,11,13H,8-10H2,1-3H3. The minimum atomic E-state index is -0.0341. The minimum absolute atomic E-state index is 0.0341. The zero-order valence-corrected chi connectivity index (χ0v) is 13.2. The van der Waals surface area contributed by atoms with Crippen LogP contribution < -0.4 is 10.5 Å². The molecule has 0 atom stereocenters. The van der Waals surface area contributed by atoms with E-state index in [0.29, 0.717) is 18.4 Å². The van der Waals surface area contributed by atoms with Crippen LogP contribution in [0.1, 0.15) is 31.3 Å². The van der Waals surface area contributed by atoms with Gasteiger partial charge in [0, 0.05) is 37.2 Å². The van der Waals surface area contributed by atoms with Crippen LogP contribution in [0.25, 0.3) is 0 Å². The second-order valence-electron chi connectivity index (χ2n) is 6.19. The van der Waals surface area contributed by atoms with Crippen molar-refractivity contribution in [2.24, 2.45) is 5.92 Å². The van der Waals surface area contributed by atoms with Crippen LogP contribution in [0.3, 0.4) is 0 Å². The van der Waals surface area contributed by atoms with Crippen molar-refractivity contribution in [3.8, 4) is 0 Å². The maximum Gasteiger partial charge on any atom is 0.266 e. The van der Waals surface area contributed by atoms with Crippen LogP contribution in [-0.4, -0.2) is 32.8 Å². The molecule has 1 aliphatic rings. The van der Waals surface area contributed by atoms with Gasteiger partial charge in [-0.3, -0.25) is 4.79 Å². The smallest absolute Gasteiger partial charge is 0.266 e. The van der Waals surface area contributed by atoms with Crippen molar-refractivity contribution >= 4 is 5.82 Å². The summed E-state index contributed by atoms with van der Waals surface area (Å²) >= 11 is 0. The lowest BCUT2D eigenvalue weighted by atomic mass is 10.0. The molecule has 0 N–H and O–H groups in total. The van der Waals surface area contributed by atoms with Crippen molar-refractivity contribution in [3.05, 3.63) is 46.3 Å². The average molecular weight is 299 g/mol. The fraction of sp³-hybridized carbons (Fsp3) is 0.500. The van der Waals surface area contributed by atoms with E-state index in [1.807, 2.05) is 19.2 Å². The van der Waals surface area contributed by atoms with E-state index in [-0.39, 0.29) is 5.56 Å². The van der Waals surface area contributed by atoms with Crippen LogP contribution in [0.5, 0.6) is 0 Å². The molecule has 2 aromatic heterocycles. The third-order valence-corrected chi connectivity index (χ3v) is 3.89. The molecule has 2 aromatic rings. The minimum Gasteiger partial charge on any atom is -0.356 e. The summed E-state index contributed by atoms with van der Waals surface area (Å²) in [5.41, 5.74) is 0.835. The van der Waals surface area contributed by atoms with Gasteiger partial charge in [-0.15, -0.1) is 0 Å². The maximum absolute atomic E-state index is 11.8. The predicted molar refractivity (Wildman–Crippen MR) is 85.1 cm³/mol. The van der Waals surface area contributed by atoms with Crippen molar-refractivity contribution in [1.29, 1.82) is 0 Å². The molecule has 0 amide bonds. The molecule has 0 radical (unpaired) electrons. The first kappa shape index (κ1) is 14.7. The summed E-state index contributed by atoms with van der Waals surface area (Å²) in [5.74, 6) is 2.61. The molecule has 0 spiro atoms. The van der Waals surface area contributed by atoms with Crippen molar-refractivity contribution in [3.63, 3.8) is 0 Å². The molecule has 3 heterocycles. The van der Waals surface area contributed by atoms with Gasteiger partial charge in [-0.25, -0.2) is 14.6 Å². The molecule has 1 aliphatic heterocycles. The number of rotatable bonds is 4. The zero-order chi connectivity index (χ0) is 15.7. The molecule has 1 fully saturated rings. The van der Waals surface area contributed by atoms with E-state index in [0.717, 1.165) is 30.4 Å². The van der Waals surface area contributed by atoms with E-state index in [1.54, 1.807) is 16.8 Å². The normalized spacial score (nSPS) is 15.2. The third kappa shape index (κ3) is 3.00. The lowest BCUT2D eigenvalue weighted by Crippen LogP contribution is -2.50. The Morgan fingerprint density at radius 2 is 2.05 bits per heavy atom. The van der Waals surface area contributed by atoms with Gasteiger partial charge in [0.2, 0.25) is 0 Å². The Labute approximate surface area is 129 Å². The molecule has 0 saturated carbocycles. The number of aromatic nitrogens is 4. The van der Waals surface area contributed by atoms with Gasteiger partial charge in [0.1, 0.15) is 11.6 Å². The molecule has 22 heavy (non-hydrogen) atoms. The molecular formula is C16H21N5O. The van der Waals surface area contributed by atoms with Gasteiger partial charge >= 0.3 is 0 Å². The van der Waals surface area contributed by atoms with Gasteiger partial charge in [0.25, 0.3) is 5.56 Å². The Balaban J connectivity index is 1.63. The Morgan fingerprint density at radius 3 is 2.77 bits per heavy atom. The van der Waals surface area contributed by atoms with Crippen LogP contribution in [0.4, 0.5) is 5.82 Å². The monoisotopic (exact) mass is 299 g/mol. The SMILES string of the molecule is Cc1ccc(=O)n(CC2CN(c3ccnc(C(C)C)n3)C2)n1. The summed E-state index contributed by atoms with van der Waals surface area (Å²) in [4.78, 5) is 22.9. The molecule has 0 unspecified atom stereocenters. The van der Waals surface area contributed by atoms with E-state index in [1.165, 1.54) is 0 Å². The van der Waals surface area contributed by atoms with Gasteiger partial charge in [-0.1, -0.05) is 13.8 Å². The summed E-state index contributed by atoms with van der Waals surface area (Å²) in [5, 5.41) is 4.29. The number of anilines is 1. The van der Waals surface area contributed by atoms with Crippen LogP contribution in [0.15, 0.2) is 29.2 Å². The van der Waals surface area contributed by atoms with Crippen molar-refractivity contribution in [2.75, 3.05) is 18.0 Å². The second-order valence-corrected chi connectivity index (χ2v) is 6.19. The van der Waals surface area contributed by atoms with E-state index in [4.69, 9.17) is 0 Å². The van der Waals surface area contributed by atoms with Gasteiger partial charge in [0.05, 0.1) is 12.2 Å². The van der Waals surface area contributed by atoms with Gasteiger partial charge in [0.15, 0.2) is 0 Å². The molecule has 1 saturated heterocycles. The highest BCUT2D eigenvalue weighted by Crippen LogP contribution is 2.24. The third-order valence-electron chi connectivity index (χ3n) is 3.89. The quantitative estimate of drug-likeness (QED) is 0.858. The first-order chi connectivity index (χ1) is 10.5. The summed E-state index contributed by atoms with van der Waals surface area (Å²) in [7, 11) is 0. The number of aryl methyl sites for hydroxylation is 1. The lowest BCUT2D eigenvalue weighted by Gasteiger charge is -2.40. The summed E-state index contributed by atoms with van der Waals surface area (Å²) in [6.07, 6.45) is 1.82. The molecule has 0 aliphatic carbocycles. The fourth-order valence-corrected chi connectivity index (χ4v) is 2.62. The molecular weight excluding hydrogens is 278 g/mol. The molecule has 0 aromatic carbocycles. The first-order valence-corrected chi connectivity index (χ1v) is 7.65. The van der Waals surface area contributed by atoms with Crippen LogP contribution in [0, 0.1) is 12.8 Å². The fourth-order valence-electron chi connectivity index (χ4n) is 2.62. The van der Waals surface area contributed by atoms with Crippen LogP contribution in [0.2, 0.25) is 0 Å². The van der Waals surface area contributed by atoms with Crippen molar-refractivity contribution in [1.82, 2.24) is 19.7 Å². The highest BCUT2D eigenvalue weighted by atomic mass is 16.1. The Morgan fingerprint density at radius 1 is 1.27 bits per heavy atom. The second kappa shape index (κ2) is 5.87. The number of hydrogen-bond donors (Lipinski definition) is 0. The highest BCUT2D eigenvalue weighted by Gasteiger charge is 2.28. The summed E-state index contributed by atoms with van der Waals surface area (Å²) in [6, 6.07) is 5.28. The lowest BCUT2D eigenvalue weighted by molar-refractivity contribution is 0.331. The zero-order valence-electron chi connectivity index (χ0n) is 13.2. The van der Waals surface area contributed by atoms with Gasteiger partial charge in [-0.05, 0) is 19.1 Å².